The summed E-state index contributed by atoms with van der Waals surface area (Å²) in [5.74, 6) is 1.30. The van der Waals surface area contributed by atoms with Gasteiger partial charge in [-0.05, 0) is 47.4 Å². The fourth-order valence-electron chi connectivity index (χ4n) is 2.54. The zero-order valence-electron chi connectivity index (χ0n) is 14.9. The summed E-state index contributed by atoms with van der Waals surface area (Å²) in [6.45, 7) is 0.209. The highest BCUT2D eigenvalue weighted by molar-refractivity contribution is 6.30. The van der Waals surface area contributed by atoms with Crippen molar-refractivity contribution in [2.75, 3.05) is 14.2 Å². The fourth-order valence-corrected chi connectivity index (χ4v) is 2.66. The van der Waals surface area contributed by atoms with Crippen LogP contribution in [-0.2, 0) is 6.54 Å². The fraction of sp³-hybridized carbons (Fsp3) is 0.150. The molecule has 0 amide bonds. The summed E-state index contributed by atoms with van der Waals surface area (Å²) in [5.41, 5.74) is 2.30. The Morgan fingerprint density at radius 3 is 2.33 bits per heavy atom. The molecular formula is C20H18BrClN2O3. The van der Waals surface area contributed by atoms with Gasteiger partial charge in [0.15, 0.2) is 23.7 Å². The maximum atomic E-state index is 12.3. The molecule has 0 spiro atoms. The van der Waals surface area contributed by atoms with E-state index in [0.29, 0.717) is 22.1 Å². The maximum absolute atomic E-state index is 12.3. The third-order valence-corrected chi connectivity index (χ3v) is 4.19. The standard InChI is InChI=1S/C20H18ClN2O3.BrH/c1-25-19-8-5-15(11-20(19)26-2)17-9-10-23(13-22-17)12-18(24)14-3-6-16(21)7-4-14;/h3-11,13H,12H2,1-2H3;1H/q+1;/p-1. The minimum absolute atomic E-state index is 0. The molecule has 0 saturated heterocycles. The lowest BCUT2D eigenvalue weighted by Gasteiger charge is -2.08. The van der Waals surface area contributed by atoms with Crippen molar-refractivity contribution in [2.45, 2.75) is 6.54 Å². The number of carbonyl (C=O) groups is 1. The summed E-state index contributed by atoms with van der Waals surface area (Å²) in [4.78, 5) is 16.7. The summed E-state index contributed by atoms with van der Waals surface area (Å²) < 4.78 is 12.3. The molecule has 7 heteroatoms. The number of ketones is 1. The average molecular weight is 450 g/mol. The molecule has 0 aliphatic heterocycles. The summed E-state index contributed by atoms with van der Waals surface area (Å²) in [6.07, 6.45) is 3.47. The lowest BCUT2D eigenvalue weighted by Crippen LogP contribution is -3.00. The molecule has 1 heterocycles. The highest BCUT2D eigenvalue weighted by atomic mass is 79.9. The number of nitrogens with zero attached hydrogens (tertiary/aromatic N) is 2. The van der Waals surface area contributed by atoms with Gasteiger partial charge >= 0.3 is 0 Å². The predicted molar refractivity (Wildman–Crippen MR) is 98.8 cm³/mol. The summed E-state index contributed by atoms with van der Waals surface area (Å²) in [7, 11) is 3.19. The number of hydrogen-bond acceptors (Lipinski definition) is 4. The molecule has 5 nitrogen and oxygen atoms in total. The van der Waals surface area contributed by atoms with Crippen LogP contribution in [0.4, 0.5) is 0 Å². The van der Waals surface area contributed by atoms with E-state index < -0.39 is 0 Å². The topological polar surface area (TPSA) is 52.3 Å². The Hall–Kier alpha value is -2.44. The Morgan fingerprint density at radius 2 is 1.74 bits per heavy atom. The minimum atomic E-state index is -0.00710. The smallest absolute Gasteiger partial charge is 0.287 e. The van der Waals surface area contributed by atoms with Gasteiger partial charge in [-0.3, -0.25) is 4.79 Å². The van der Waals surface area contributed by atoms with Crippen LogP contribution in [0.3, 0.4) is 0 Å². The third kappa shape index (κ3) is 5.05. The van der Waals surface area contributed by atoms with Crippen molar-refractivity contribution in [3.63, 3.8) is 0 Å². The van der Waals surface area contributed by atoms with Crippen LogP contribution in [0, 0.1) is 0 Å². The van der Waals surface area contributed by atoms with Gasteiger partial charge in [-0.15, -0.1) is 0 Å². The number of halogens is 2. The molecule has 0 bridgehead atoms. The molecule has 0 aliphatic rings. The van der Waals surface area contributed by atoms with E-state index in [-0.39, 0.29) is 29.3 Å². The van der Waals surface area contributed by atoms with Crippen LogP contribution in [0.5, 0.6) is 11.5 Å². The number of Topliss-reactive ketones (excluding diaryl/α,β-unsaturated/α-hetero) is 1. The molecular weight excluding hydrogens is 432 g/mol. The van der Waals surface area contributed by atoms with Gasteiger partial charge in [-0.2, -0.15) is 0 Å². The van der Waals surface area contributed by atoms with E-state index in [1.54, 1.807) is 49.4 Å². The molecule has 0 atom stereocenters. The first kappa shape index (κ1) is 20.9. The highest BCUT2D eigenvalue weighted by Crippen LogP contribution is 2.31. The monoisotopic (exact) mass is 448 g/mol. The first-order valence-corrected chi connectivity index (χ1v) is 8.35. The van der Waals surface area contributed by atoms with Crippen molar-refractivity contribution in [3.05, 3.63) is 71.6 Å². The second-order valence-corrected chi connectivity index (χ2v) is 6.05. The van der Waals surface area contributed by atoms with E-state index in [1.165, 1.54) is 0 Å². The molecule has 2 aromatic carbocycles. The Bertz CT molecular complexity index is 916. The van der Waals surface area contributed by atoms with E-state index in [4.69, 9.17) is 21.1 Å². The van der Waals surface area contributed by atoms with Gasteiger partial charge in [0.05, 0.1) is 20.4 Å². The lowest BCUT2D eigenvalue weighted by molar-refractivity contribution is -0.686. The molecule has 3 rings (SSSR count). The van der Waals surface area contributed by atoms with Crippen molar-refractivity contribution >= 4 is 17.4 Å². The second kappa shape index (κ2) is 9.48. The number of benzene rings is 2. The largest absolute Gasteiger partial charge is 1.00 e. The molecule has 0 N–H and O–H groups in total. The zero-order valence-corrected chi connectivity index (χ0v) is 17.2. The Morgan fingerprint density at radius 1 is 1.04 bits per heavy atom. The van der Waals surface area contributed by atoms with Gasteiger partial charge in [0, 0.05) is 22.2 Å². The van der Waals surface area contributed by atoms with E-state index in [9.17, 15) is 4.79 Å². The van der Waals surface area contributed by atoms with E-state index in [2.05, 4.69) is 4.98 Å². The van der Waals surface area contributed by atoms with Crippen molar-refractivity contribution in [1.29, 1.82) is 0 Å². The molecule has 140 valence electrons. The quantitative estimate of drug-likeness (QED) is 0.408. The van der Waals surface area contributed by atoms with Crippen molar-refractivity contribution in [3.8, 4) is 22.8 Å². The summed E-state index contributed by atoms with van der Waals surface area (Å²) in [6, 6.07) is 14.3. The Labute approximate surface area is 173 Å². The van der Waals surface area contributed by atoms with Gasteiger partial charge in [0.2, 0.25) is 5.78 Å². The van der Waals surface area contributed by atoms with Gasteiger partial charge in [-0.25, -0.2) is 4.57 Å². The molecule has 3 aromatic rings. The van der Waals surface area contributed by atoms with Crippen LogP contribution in [0.1, 0.15) is 10.4 Å². The molecule has 0 fully saturated rings. The van der Waals surface area contributed by atoms with Crippen LogP contribution < -0.4 is 31.0 Å². The van der Waals surface area contributed by atoms with Gasteiger partial charge in [0.1, 0.15) is 0 Å². The normalized spacial score (nSPS) is 10.0. The summed E-state index contributed by atoms with van der Waals surface area (Å²) in [5, 5.41) is 0.607. The van der Waals surface area contributed by atoms with E-state index in [0.717, 1.165) is 11.3 Å². The molecule has 0 aliphatic carbocycles. The zero-order chi connectivity index (χ0) is 18.5. The number of hydrogen-bond donors (Lipinski definition) is 0. The number of carbonyl (C=O) groups excluding carboxylic acids is 1. The number of ether oxygens (including phenoxy) is 2. The second-order valence-electron chi connectivity index (χ2n) is 5.62. The van der Waals surface area contributed by atoms with Crippen molar-refractivity contribution in [1.82, 2.24) is 4.98 Å². The first-order valence-electron chi connectivity index (χ1n) is 7.97. The molecule has 27 heavy (non-hydrogen) atoms. The predicted octanol–water partition coefficient (Wildman–Crippen LogP) is 0.594. The third-order valence-electron chi connectivity index (χ3n) is 3.94. The number of aromatic nitrogens is 2. The van der Waals surface area contributed by atoms with Crippen LogP contribution in [0.15, 0.2) is 61.1 Å². The molecule has 0 radical (unpaired) electrons. The van der Waals surface area contributed by atoms with Gasteiger partial charge in [0.25, 0.3) is 6.33 Å². The SMILES string of the molecule is COc1ccc(-c2cc[n+](CC(=O)c3ccc(Cl)cc3)cn2)cc1OC.[Br-]. The Kier molecular flexibility index (Phi) is 7.33. The van der Waals surface area contributed by atoms with E-state index in [1.807, 2.05) is 30.5 Å². The number of methoxy groups -OCH3 is 2. The number of rotatable bonds is 6. The van der Waals surface area contributed by atoms with Crippen LogP contribution in [0.25, 0.3) is 11.3 Å². The Balaban J connectivity index is 0.00000261. The van der Waals surface area contributed by atoms with Crippen molar-refractivity contribution in [2.24, 2.45) is 0 Å². The van der Waals surface area contributed by atoms with Gasteiger partial charge < -0.3 is 26.5 Å². The van der Waals surface area contributed by atoms with Crippen molar-refractivity contribution < 1.29 is 35.8 Å². The minimum Gasteiger partial charge on any atom is -1.00 e. The molecule has 0 saturated carbocycles. The lowest BCUT2D eigenvalue weighted by atomic mass is 10.1. The maximum Gasteiger partial charge on any atom is 0.287 e. The average Bonchev–Trinajstić information content (AvgIpc) is 2.68. The first-order chi connectivity index (χ1) is 12.6. The molecule has 1 aromatic heterocycles. The molecule has 0 unspecified atom stereocenters. The van der Waals surface area contributed by atoms with E-state index >= 15 is 0 Å². The van der Waals surface area contributed by atoms with Crippen LogP contribution in [-0.4, -0.2) is 25.0 Å². The van der Waals surface area contributed by atoms with Gasteiger partial charge in [-0.1, -0.05) is 11.6 Å². The van der Waals surface area contributed by atoms with Crippen LogP contribution >= 0.6 is 11.6 Å². The summed E-state index contributed by atoms with van der Waals surface area (Å²) >= 11 is 5.85. The van der Waals surface area contributed by atoms with Crippen LogP contribution in [0.2, 0.25) is 5.02 Å². The highest BCUT2D eigenvalue weighted by Gasteiger charge is 2.13.